The number of carbonyl (C=O) groups is 2. The van der Waals surface area contributed by atoms with Gasteiger partial charge in [-0.25, -0.2) is 4.79 Å². The monoisotopic (exact) mass is 453 g/mol. The van der Waals surface area contributed by atoms with Gasteiger partial charge in [-0.1, -0.05) is 6.92 Å². The van der Waals surface area contributed by atoms with E-state index < -0.39 is 18.0 Å². The number of aliphatic hydroxyl groups is 1. The molecule has 1 amide bonds. The molecule has 0 aliphatic carbocycles. The molecule has 6 atom stereocenters. The zero-order valence-corrected chi connectivity index (χ0v) is 18.7. The summed E-state index contributed by atoms with van der Waals surface area (Å²) < 4.78 is 5.84. The quantitative estimate of drug-likeness (QED) is 0.239. The van der Waals surface area contributed by atoms with Gasteiger partial charge in [-0.05, 0) is 19.9 Å². The predicted molar refractivity (Wildman–Crippen MR) is 115 cm³/mol. The first-order valence-electron chi connectivity index (χ1n) is 10.8. The summed E-state index contributed by atoms with van der Waals surface area (Å²) in [4.78, 5) is 30.7. The number of fused-ring (bicyclic) bond motifs is 1. The Labute approximate surface area is 185 Å². The van der Waals surface area contributed by atoms with E-state index in [2.05, 4.69) is 4.90 Å². The topological polar surface area (TPSA) is 143 Å². The lowest BCUT2D eigenvalue weighted by atomic mass is 9.79. The van der Waals surface area contributed by atoms with Gasteiger partial charge in [0.25, 0.3) is 0 Å². The Kier molecular flexibility index (Phi) is 6.21. The van der Waals surface area contributed by atoms with Gasteiger partial charge in [-0.2, -0.15) is 0 Å². The molecule has 4 heterocycles. The molecule has 0 spiro atoms. The zero-order valence-electron chi connectivity index (χ0n) is 17.9. The van der Waals surface area contributed by atoms with E-state index in [1.807, 2.05) is 11.8 Å². The Bertz CT molecular complexity index is 805. The molecule has 0 radical (unpaired) electrons. The lowest BCUT2D eigenvalue weighted by Gasteiger charge is -2.46. The number of aliphatic hydroxyl groups excluding tert-OH is 1. The van der Waals surface area contributed by atoms with Gasteiger partial charge in [0.05, 0.1) is 30.8 Å². The molecular formula is C20H31N5O5S. The molecule has 31 heavy (non-hydrogen) atoms. The van der Waals surface area contributed by atoms with E-state index in [9.17, 15) is 19.8 Å². The van der Waals surface area contributed by atoms with Crippen molar-refractivity contribution in [3.05, 3.63) is 10.6 Å². The number of nitrogens with two attached hydrogens (primary N) is 1. The van der Waals surface area contributed by atoms with Gasteiger partial charge in [0, 0.05) is 42.3 Å². The van der Waals surface area contributed by atoms with Gasteiger partial charge in [-0.15, -0.1) is 11.8 Å². The number of thioether (sulfide) groups is 1. The standard InChI is InChI=1S/C20H31N5O5S/c1-10-15-14(11(2)26)18(27)25(15)16(19(28)29)17(10)31-13-3-4-23(9-13)7-12-8-24(20(21)22)5-6-30-12/h10-15,26H,3-9H2,1-2H3,(H3,21,22)(H,28,29)/t10-,11-,12-,13-,14-,15-/m1/s1. The predicted octanol–water partition coefficient (Wildman–Crippen LogP) is -0.458. The summed E-state index contributed by atoms with van der Waals surface area (Å²) in [5.74, 6) is -1.94. The van der Waals surface area contributed by atoms with Crippen LogP contribution in [0.25, 0.3) is 0 Å². The molecule has 11 heteroatoms. The van der Waals surface area contributed by atoms with Crippen molar-refractivity contribution in [2.75, 3.05) is 39.3 Å². The van der Waals surface area contributed by atoms with Crippen molar-refractivity contribution in [3.63, 3.8) is 0 Å². The molecule has 0 aromatic carbocycles. The number of carboxylic acids is 1. The number of guanidine groups is 1. The smallest absolute Gasteiger partial charge is 0.353 e. The second-order valence-electron chi connectivity index (χ2n) is 8.88. The van der Waals surface area contributed by atoms with E-state index in [4.69, 9.17) is 15.9 Å². The Morgan fingerprint density at radius 3 is 2.77 bits per heavy atom. The van der Waals surface area contributed by atoms with Crippen molar-refractivity contribution in [1.29, 1.82) is 5.41 Å². The minimum atomic E-state index is -1.08. The summed E-state index contributed by atoms with van der Waals surface area (Å²) >= 11 is 1.57. The highest BCUT2D eigenvalue weighted by molar-refractivity contribution is 8.03. The Morgan fingerprint density at radius 1 is 1.39 bits per heavy atom. The normalized spacial score (nSPS) is 34.7. The summed E-state index contributed by atoms with van der Waals surface area (Å²) in [6, 6.07) is -0.271. The fourth-order valence-corrected chi connectivity index (χ4v) is 6.77. The molecule has 0 aromatic rings. The highest BCUT2D eigenvalue weighted by atomic mass is 32.2. The van der Waals surface area contributed by atoms with Crippen molar-refractivity contribution in [2.45, 2.75) is 43.8 Å². The van der Waals surface area contributed by atoms with E-state index in [1.54, 1.807) is 18.7 Å². The van der Waals surface area contributed by atoms with Crippen molar-refractivity contribution in [1.82, 2.24) is 14.7 Å². The van der Waals surface area contributed by atoms with Crippen LogP contribution >= 0.6 is 11.8 Å². The second-order valence-corrected chi connectivity index (χ2v) is 10.2. The van der Waals surface area contributed by atoms with Crippen LogP contribution in [0.3, 0.4) is 0 Å². The number of hydrogen-bond donors (Lipinski definition) is 4. The number of ether oxygens (including phenoxy) is 1. The number of carboxylic acid groups (broad SMARTS) is 1. The zero-order chi connectivity index (χ0) is 22.4. The van der Waals surface area contributed by atoms with Gasteiger partial charge in [0.2, 0.25) is 5.91 Å². The maximum atomic E-state index is 12.5. The number of amides is 1. The minimum absolute atomic E-state index is 0.00743. The Balaban J connectivity index is 1.39. The second kappa shape index (κ2) is 8.61. The van der Waals surface area contributed by atoms with Crippen molar-refractivity contribution >= 4 is 29.6 Å². The largest absolute Gasteiger partial charge is 0.477 e. The van der Waals surface area contributed by atoms with Crippen molar-refractivity contribution < 1.29 is 24.5 Å². The van der Waals surface area contributed by atoms with Crippen molar-refractivity contribution in [3.8, 4) is 0 Å². The van der Waals surface area contributed by atoms with E-state index in [0.29, 0.717) is 19.7 Å². The van der Waals surface area contributed by atoms with Gasteiger partial charge in [-0.3, -0.25) is 15.1 Å². The van der Waals surface area contributed by atoms with Crippen LogP contribution in [0, 0.1) is 17.2 Å². The molecule has 4 aliphatic heterocycles. The number of carbonyl (C=O) groups excluding carboxylic acids is 1. The molecule has 0 aromatic heterocycles. The number of nitrogens with zero attached hydrogens (tertiary/aromatic N) is 3. The molecule has 0 saturated carbocycles. The summed E-state index contributed by atoms with van der Waals surface area (Å²) in [7, 11) is 0. The number of nitrogens with one attached hydrogen (secondary N) is 1. The maximum absolute atomic E-state index is 12.5. The summed E-state index contributed by atoms with van der Waals surface area (Å²) in [5, 5.41) is 27.6. The van der Waals surface area contributed by atoms with E-state index in [0.717, 1.165) is 31.0 Å². The van der Waals surface area contributed by atoms with Crippen LogP contribution in [0.15, 0.2) is 10.6 Å². The maximum Gasteiger partial charge on any atom is 0.353 e. The first-order valence-corrected chi connectivity index (χ1v) is 11.6. The van der Waals surface area contributed by atoms with Crippen LogP contribution in [-0.4, -0.2) is 106 Å². The molecule has 3 fully saturated rings. The van der Waals surface area contributed by atoms with E-state index in [1.165, 1.54) is 4.90 Å². The molecule has 4 aliphatic rings. The summed E-state index contributed by atoms with van der Waals surface area (Å²) in [6.07, 6.45) is 0.129. The Morgan fingerprint density at radius 2 is 2.13 bits per heavy atom. The van der Waals surface area contributed by atoms with Crippen LogP contribution in [0.2, 0.25) is 0 Å². The molecule has 4 rings (SSSR count). The van der Waals surface area contributed by atoms with E-state index >= 15 is 0 Å². The number of rotatable bonds is 6. The number of likely N-dealkylation sites (tertiary alicyclic amines) is 1. The van der Waals surface area contributed by atoms with Gasteiger partial charge in [0.1, 0.15) is 5.70 Å². The highest BCUT2D eigenvalue weighted by Crippen LogP contribution is 2.51. The SMILES string of the molecule is C[C@@H](O)[C@H]1C(=O)N2C(C(=O)O)=C(S[C@@H]3CCN(C[C@@H]4CN(C(=N)N)CCO4)C3)[C@H](C)[C@H]12. The molecule has 3 saturated heterocycles. The van der Waals surface area contributed by atoms with Gasteiger partial charge < -0.3 is 30.5 Å². The third kappa shape index (κ3) is 4.04. The van der Waals surface area contributed by atoms with Gasteiger partial charge >= 0.3 is 5.97 Å². The number of morpholine rings is 1. The number of β-lactam (4-membered cyclic amide) rings is 1. The lowest BCUT2D eigenvalue weighted by molar-refractivity contribution is -0.163. The summed E-state index contributed by atoms with van der Waals surface area (Å²) in [6.45, 7) is 7.80. The number of hydrogen-bond acceptors (Lipinski definition) is 7. The lowest BCUT2D eigenvalue weighted by Crippen LogP contribution is -2.63. The third-order valence-electron chi connectivity index (χ3n) is 6.78. The van der Waals surface area contributed by atoms with Crippen LogP contribution in [0.4, 0.5) is 0 Å². The molecular weight excluding hydrogens is 422 g/mol. The third-order valence-corrected chi connectivity index (χ3v) is 8.31. The molecule has 10 nitrogen and oxygen atoms in total. The first kappa shape index (κ1) is 22.4. The van der Waals surface area contributed by atoms with Crippen LogP contribution in [0.1, 0.15) is 20.3 Å². The fraction of sp³-hybridized carbons (Fsp3) is 0.750. The average Bonchev–Trinajstić information content (AvgIpc) is 3.23. The molecule has 5 N–H and O–H groups in total. The number of aliphatic carboxylic acids is 1. The van der Waals surface area contributed by atoms with E-state index in [-0.39, 0.29) is 40.9 Å². The van der Waals surface area contributed by atoms with Gasteiger partial charge in [0.15, 0.2) is 5.96 Å². The van der Waals surface area contributed by atoms with Crippen LogP contribution < -0.4 is 5.73 Å². The van der Waals surface area contributed by atoms with Crippen LogP contribution in [0.5, 0.6) is 0 Å². The molecule has 0 bridgehead atoms. The summed E-state index contributed by atoms with van der Waals surface area (Å²) in [5.41, 5.74) is 5.70. The fourth-order valence-electron chi connectivity index (χ4n) is 5.25. The minimum Gasteiger partial charge on any atom is -0.477 e. The first-order chi connectivity index (χ1) is 14.7. The van der Waals surface area contributed by atoms with Crippen molar-refractivity contribution in [2.24, 2.45) is 17.6 Å². The van der Waals surface area contributed by atoms with Crippen LogP contribution in [-0.2, 0) is 14.3 Å². The highest BCUT2D eigenvalue weighted by Gasteiger charge is 2.60. The molecule has 0 unspecified atom stereocenters. The molecule has 172 valence electrons. The Hall–Kier alpha value is -1.82. The average molecular weight is 454 g/mol.